The molecule has 3 saturated carbocycles. The average molecular weight is 1430 g/mol. The second-order valence-corrected chi connectivity index (χ2v) is 14.9. The third-order valence-electron chi connectivity index (χ3n) is 11.0. The van der Waals surface area contributed by atoms with E-state index >= 15 is 0 Å². The first-order valence-corrected chi connectivity index (χ1v) is 20.5. The first-order valence-electron chi connectivity index (χ1n) is 20.5. The minimum absolute atomic E-state index is 0. The Hall–Kier alpha value is -0.656. The standard InChI is InChI=1S/C18H21NO.C14H18O.C13H16O2.C5H7N.HI.2W.2Y/c1-3-14-19(4-2)18(20)17-12-10-16(11-13-17)15-8-6-5-7-9-15;1-11(15)12-7-9-14(10-8-12)13-5-3-2-4-6-13;14-13(15)12-8-6-11(7-9-12)10-4-2-1-3-5-10;1-3-5-6-4-2;;;;;/h1-4,10-13,15H,5-9,14H2;7-10,13H,2-6H2,1H3;6-10H,1-5H2,(H,14,15);1-4,6H,5H2;1H;;;;/q-2;;;-2;;;;;. The van der Waals surface area contributed by atoms with Gasteiger partial charge in [-0.1, -0.05) is 106 Å². The van der Waals surface area contributed by atoms with Crippen molar-refractivity contribution >= 4 is 41.6 Å². The summed E-state index contributed by atoms with van der Waals surface area (Å²) < 4.78 is 0. The fourth-order valence-corrected chi connectivity index (χ4v) is 7.72. The quantitative estimate of drug-likeness (QED) is 0.0817. The number of hydrogen-bond donors (Lipinski definition) is 2. The van der Waals surface area contributed by atoms with Crippen LogP contribution in [0.1, 0.15) is 169 Å². The number of nitrogens with one attached hydrogen (secondary N) is 1. The van der Waals surface area contributed by atoms with Crippen molar-refractivity contribution in [2.45, 2.75) is 121 Å². The van der Waals surface area contributed by atoms with Crippen LogP contribution in [0.25, 0.3) is 0 Å². The predicted molar refractivity (Wildman–Crippen MR) is 244 cm³/mol. The third-order valence-corrected chi connectivity index (χ3v) is 11.0. The van der Waals surface area contributed by atoms with Crippen LogP contribution in [0.2, 0.25) is 0 Å². The summed E-state index contributed by atoms with van der Waals surface area (Å²) in [4.78, 5) is 35.4. The molecule has 3 aliphatic rings. The summed E-state index contributed by atoms with van der Waals surface area (Å²) in [5, 5.41) is 11.5. The molecule has 0 aliphatic heterocycles. The molecule has 3 aromatic carbocycles. The first-order chi connectivity index (χ1) is 27.2. The number of benzene rings is 3. The molecule has 6 rings (SSSR count). The number of carboxylic acid groups (broad SMARTS) is 1. The normalized spacial score (nSPS) is 14.4. The van der Waals surface area contributed by atoms with E-state index in [1.807, 2.05) is 36.4 Å². The van der Waals surface area contributed by atoms with Crippen molar-refractivity contribution < 1.29 is 127 Å². The van der Waals surface area contributed by atoms with Gasteiger partial charge in [-0.2, -0.15) is 12.4 Å². The monoisotopic (exact) mass is 1430 g/mol. The van der Waals surface area contributed by atoms with Gasteiger partial charge >= 0.3 is 5.97 Å². The van der Waals surface area contributed by atoms with Crippen LogP contribution in [-0.4, -0.2) is 40.8 Å². The predicted octanol–water partition coefficient (Wildman–Crippen LogP) is 12.6. The second kappa shape index (κ2) is 38.6. The Kier molecular flexibility index (Phi) is 40.9. The molecular formula is C50H63IN2O4W2Y2-4. The zero-order chi connectivity index (χ0) is 40.5. The molecule has 61 heavy (non-hydrogen) atoms. The third kappa shape index (κ3) is 24.4. The molecule has 0 aromatic heterocycles. The van der Waals surface area contributed by atoms with Crippen LogP contribution in [0.4, 0.5) is 0 Å². The number of halogens is 1. The smallest absolute Gasteiger partial charge is 0.335 e. The molecule has 0 bridgehead atoms. The van der Waals surface area contributed by atoms with E-state index in [1.54, 1.807) is 19.1 Å². The van der Waals surface area contributed by atoms with Crippen LogP contribution in [0, 0.1) is 26.3 Å². The van der Waals surface area contributed by atoms with Crippen LogP contribution in [-0.2, 0) is 108 Å². The number of carbonyl (C=O) groups excluding carboxylic acids is 2. The number of carbonyl (C=O) groups is 3. The van der Waals surface area contributed by atoms with Gasteiger partial charge < -0.3 is 41.6 Å². The average Bonchev–Trinajstić information content (AvgIpc) is 3.26. The van der Waals surface area contributed by atoms with Gasteiger partial charge in [-0.25, -0.2) is 4.79 Å². The van der Waals surface area contributed by atoms with Gasteiger partial charge in [0, 0.05) is 125 Å². The van der Waals surface area contributed by atoms with Crippen molar-refractivity contribution in [1.29, 1.82) is 0 Å². The fraction of sp³-hybridized carbons (Fsp3) is 0.420. The van der Waals surface area contributed by atoms with E-state index in [4.69, 9.17) is 31.4 Å². The SMILES string of the molecule is CC(=O)c1ccc(C2CCCCC2)cc1.I.O=C(O)c1ccc(C2CCCCC2)cc1.[CH-]=CCN(C=[CH-])C(=O)c1ccc(C2CCCCC2)cc1.[CH-]=CCNC=[CH-].[W].[W].[Y].[Y]. The molecule has 326 valence electrons. The van der Waals surface area contributed by atoms with Crippen LogP contribution < -0.4 is 5.32 Å². The molecule has 1 amide bonds. The van der Waals surface area contributed by atoms with E-state index in [1.165, 1.54) is 142 Å². The molecule has 0 spiro atoms. The molecule has 3 aliphatic carbocycles. The fourth-order valence-electron chi connectivity index (χ4n) is 7.72. The number of amides is 1. The van der Waals surface area contributed by atoms with Crippen molar-refractivity contribution in [2.75, 3.05) is 13.1 Å². The van der Waals surface area contributed by atoms with Gasteiger partial charge in [0.2, 0.25) is 0 Å². The Morgan fingerprint density at radius 2 is 0.934 bits per heavy atom. The van der Waals surface area contributed by atoms with E-state index in [0.29, 0.717) is 36.1 Å². The number of nitrogens with zero attached hydrogens (tertiary/aromatic N) is 1. The molecule has 6 nitrogen and oxygen atoms in total. The first kappa shape index (κ1) is 64.6. The number of aromatic carboxylic acids is 1. The molecular weight excluding hydrogens is 1360 g/mol. The van der Waals surface area contributed by atoms with Gasteiger partial charge in [0.25, 0.3) is 5.91 Å². The van der Waals surface area contributed by atoms with Crippen LogP contribution in [0.15, 0.2) is 97.3 Å². The van der Waals surface area contributed by atoms with Crippen molar-refractivity contribution in [1.82, 2.24) is 10.2 Å². The summed E-state index contributed by atoms with van der Waals surface area (Å²) in [6.45, 7) is 23.2. The molecule has 3 fully saturated rings. The zero-order valence-electron chi connectivity index (χ0n) is 35.8. The molecule has 0 unspecified atom stereocenters. The van der Waals surface area contributed by atoms with Crippen molar-refractivity contribution in [3.8, 4) is 0 Å². The van der Waals surface area contributed by atoms with Gasteiger partial charge in [0.05, 0.1) is 5.56 Å². The topological polar surface area (TPSA) is 86.7 Å². The van der Waals surface area contributed by atoms with Crippen molar-refractivity contribution in [3.63, 3.8) is 0 Å². The second-order valence-electron chi connectivity index (χ2n) is 14.9. The van der Waals surface area contributed by atoms with Crippen molar-refractivity contribution in [2.24, 2.45) is 0 Å². The molecule has 2 N–H and O–H groups in total. The molecule has 11 heteroatoms. The maximum atomic E-state index is 12.2. The maximum absolute atomic E-state index is 12.2. The van der Waals surface area contributed by atoms with Crippen LogP contribution in [0.5, 0.6) is 0 Å². The summed E-state index contributed by atoms with van der Waals surface area (Å²) >= 11 is 0. The summed E-state index contributed by atoms with van der Waals surface area (Å²) in [6.07, 6.45) is 25.3. The number of carboxylic acids is 1. The minimum atomic E-state index is -0.842. The van der Waals surface area contributed by atoms with Crippen LogP contribution >= 0.6 is 24.0 Å². The Balaban J connectivity index is -0.000000753. The number of ketones is 1. The molecule has 2 radical (unpaired) electrons. The maximum Gasteiger partial charge on any atom is 0.335 e. The summed E-state index contributed by atoms with van der Waals surface area (Å²) in [5.74, 6) is 1.24. The van der Waals surface area contributed by atoms with Crippen molar-refractivity contribution in [3.05, 3.63) is 157 Å². The van der Waals surface area contributed by atoms with E-state index in [9.17, 15) is 14.4 Å². The molecule has 0 atom stereocenters. The van der Waals surface area contributed by atoms with Gasteiger partial charge in [0.15, 0.2) is 5.78 Å². The van der Waals surface area contributed by atoms with Gasteiger partial charge in [0.1, 0.15) is 0 Å². The summed E-state index contributed by atoms with van der Waals surface area (Å²) in [6, 6.07) is 23.5. The van der Waals surface area contributed by atoms with Gasteiger partial charge in [-0.15, -0.1) is 24.0 Å². The minimum Gasteiger partial charge on any atom is -0.516 e. The number of Topliss-reactive ketones (excluding diaryl/α,β-unsaturated/α-hetero) is 1. The Morgan fingerprint density at radius 3 is 1.20 bits per heavy atom. The van der Waals surface area contributed by atoms with E-state index < -0.39 is 5.97 Å². The van der Waals surface area contributed by atoms with E-state index in [-0.39, 0.29) is 143 Å². The summed E-state index contributed by atoms with van der Waals surface area (Å²) in [5.41, 5.74) is 5.92. The zero-order valence-corrected chi connectivity index (χ0v) is 49.7. The summed E-state index contributed by atoms with van der Waals surface area (Å²) in [7, 11) is 0. The molecule has 3 aromatic rings. The van der Waals surface area contributed by atoms with Gasteiger partial charge in [-0.05, 0) is 111 Å². The van der Waals surface area contributed by atoms with Gasteiger partial charge in [-0.3, -0.25) is 21.7 Å². The number of rotatable bonds is 12. The Bertz CT molecular complexity index is 1590. The Morgan fingerprint density at radius 1 is 0.590 bits per heavy atom. The Labute approximate surface area is 464 Å². The van der Waals surface area contributed by atoms with Crippen LogP contribution in [0.3, 0.4) is 0 Å². The number of hydrogen-bond acceptors (Lipinski definition) is 4. The van der Waals surface area contributed by atoms with E-state index in [0.717, 1.165) is 11.5 Å². The molecule has 0 saturated heterocycles. The largest absolute Gasteiger partial charge is 0.516 e. The van der Waals surface area contributed by atoms with E-state index in [2.05, 4.69) is 29.6 Å². The molecule has 0 heterocycles.